The van der Waals surface area contributed by atoms with Crippen LogP contribution < -0.4 is 18.9 Å². The SMILES string of the molecule is Cc1ccc(-c2nc(-c3ccc(OCCO)cc3O)nc(-c3ccc(OCCO)cc3O)n2)c(C)c1.OCCOc1ccc(-c2nc(-c3ccc(Cl)cc3)nc(-c3ccc(OCCO)cc3O)n2)c(O)c1. The predicted octanol–water partition coefficient (Wildman–Crippen LogP) is 7.32. The average molecular weight is 985 g/mol. The first kappa shape index (κ1) is 50.7. The van der Waals surface area contributed by atoms with Crippen LogP contribution in [-0.4, -0.2) is 124 Å². The summed E-state index contributed by atoms with van der Waals surface area (Å²) in [5.41, 5.74) is 4.85. The minimum absolute atomic E-state index is 0.0900. The number of nitrogens with zero attached hydrogens (tertiary/aromatic N) is 6. The minimum Gasteiger partial charge on any atom is -0.507 e. The van der Waals surface area contributed by atoms with E-state index in [0.717, 1.165) is 16.7 Å². The maximum absolute atomic E-state index is 10.7. The van der Waals surface area contributed by atoms with Crippen molar-refractivity contribution in [2.75, 3.05) is 52.9 Å². The molecule has 0 amide bonds. The molecule has 0 saturated carbocycles. The van der Waals surface area contributed by atoms with E-state index in [1.807, 2.05) is 32.0 Å². The molecule has 71 heavy (non-hydrogen) atoms. The number of hydrogen-bond acceptors (Lipinski definition) is 18. The molecule has 0 unspecified atom stereocenters. The first-order chi connectivity index (χ1) is 34.4. The molecule has 8 aromatic rings. The van der Waals surface area contributed by atoms with Crippen LogP contribution in [0.3, 0.4) is 0 Å². The van der Waals surface area contributed by atoms with Gasteiger partial charge in [0.1, 0.15) is 72.4 Å². The highest BCUT2D eigenvalue weighted by Gasteiger charge is 2.20. The summed E-state index contributed by atoms with van der Waals surface area (Å²) in [6, 6.07) is 31.5. The molecule has 6 aromatic carbocycles. The van der Waals surface area contributed by atoms with E-state index >= 15 is 0 Å². The second-order valence-electron chi connectivity index (χ2n) is 15.4. The molecule has 0 fully saturated rings. The summed E-state index contributed by atoms with van der Waals surface area (Å²) in [7, 11) is 0. The van der Waals surface area contributed by atoms with E-state index in [2.05, 4.69) is 29.9 Å². The second-order valence-corrected chi connectivity index (χ2v) is 15.9. The number of aliphatic hydroxyl groups excluding tert-OH is 4. The molecular formula is C52H49ClN6O12. The van der Waals surface area contributed by atoms with Crippen LogP contribution in [0.5, 0.6) is 46.0 Å². The summed E-state index contributed by atoms with van der Waals surface area (Å²) in [4.78, 5) is 27.4. The summed E-state index contributed by atoms with van der Waals surface area (Å²) in [6.07, 6.45) is 0. The lowest BCUT2D eigenvalue weighted by atomic mass is 10.0. The molecule has 8 rings (SSSR count). The maximum atomic E-state index is 10.7. The molecule has 0 spiro atoms. The third kappa shape index (κ3) is 12.9. The van der Waals surface area contributed by atoms with Crippen LogP contribution in [0.2, 0.25) is 5.02 Å². The monoisotopic (exact) mass is 984 g/mol. The van der Waals surface area contributed by atoms with Crippen LogP contribution in [0.4, 0.5) is 0 Å². The first-order valence-corrected chi connectivity index (χ1v) is 22.4. The van der Waals surface area contributed by atoms with Gasteiger partial charge in [0.2, 0.25) is 0 Å². The topological polar surface area (TPSA) is 276 Å². The quantitative estimate of drug-likeness (QED) is 0.0418. The van der Waals surface area contributed by atoms with Crippen LogP contribution in [0.15, 0.2) is 115 Å². The molecule has 0 aliphatic carbocycles. The van der Waals surface area contributed by atoms with Crippen molar-refractivity contribution in [3.63, 3.8) is 0 Å². The molecule has 0 aliphatic rings. The highest BCUT2D eigenvalue weighted by Crippen LogP contribution is 2.38. The van der Waals surface area contributed by atoms with Crippen molar-refractivity contribution in [1.82, 2.24) is 29.9 Å². The van der Waals surface area contributed by atoms with Gasteiger partial charge in [0.05, 0.1) is 48.7 Å². The third-order valence-electron chi connectivity index (χ3n) is 10.3. The van der Waals surface area contributed by atoms with Crippen molar-refractivity contribution in [2.45, 2.75) is 13.8 Å². The van der Waals surface area contributed by atoms with E-state index in [4.69, 9.17) is 51.0 Å². The fraction of sp³-hybridized carbons (Fsp3) is 0.192. The highest BCUT2D eigenvalue weighted by atomic mass is 35.5. The third-order valence-corrected chi connectivity index (χ3v) is 10.5. The maximum Gasteiger partial charge on any atom is 0.167 e. The number of aryl methyl sites for hydroxylation is 2. The Balaban J connectivity index is 0.000000209. The standard InChI is InChI=1S/C27H27N3O6.C25H22ClN3O6/c1-16-3-6-20(17(2)13-16)25-28-26(21-7-4-18(14-23(21)33)35-11-9-31)30-27(29-25)22-8-5-19(15-24(22)34)36-12-10-32;26-16-3-1-15(2-4-16)23-27-24(19-7-5-17(13-21(19)32)34-11-9-30)29-25(28-23)20-8-6-18(14-22(20)33)35-12-10-31/h3-8,13-15,31-34H,9-12H2,1-2H3;1-8,13-14,30-33H,9-12H2. The first-order valence-electron chi connectivity index (χ1n) is 22.0. The molecule has 18 nitrogen and oxygen atoms in total. The Morgan fingerprint density at radius 3 is 0.958 bits per heavy atom. The Bertz CT molecular complexity index is 2960. The van der Waals surface area contributed by atoms with Crippen LogP contribution >= 0.6 is 11.6 Å². The van der Waals surface area contributed by atoms with Gasteiger partial charge in [0.15, 0.2) is 34.9 Å². The fourth-order valence-electron chi connectivity index (χ4n) is 6.96. The Morgan fingerprint density at radius 2 is 0.662 bits per heavy atom. The number of phenolic OH excluding ortho intramolecular Hbond substituents is 4. The number of aliphatic hydroxyl groups is 4. The molecule has 2 heterocycles. The molecule has 8 N–H and O–H groups in total. The zero-order valence-electron chi connectivity index (χ0n) is 38.4. The average Bonchev–Trinajstić information content (AvgIpc) is 3.36. The predicted molar refractivity (Wildman–Crippen MR) is 264 cm³/mol. The van der Waals surface area contributed by atoms with E-state index < -0.39 is 0 Å². The van der Waals surface area contributed by atoms with Gasteiger partial charge in [0.25, 0.3) is 0 Å². The van der Waals surface area contributed by atoms with E-state index in [0.29, 0.717) is 67.5 Å². The van der Waals surface area contributed by atoms with Gasteiger partial charge in [0, 0.05) is 40.4 Å². The highest BCUT2D eigenvalue weighted by molar-refractivity contribution is 6.30. The van der Waals surface area contributed by atoms with Crippen molar-refractivity contribution in [1.29, 1.82) is 0 Å². The second kappa shape index (κ2) is 23.9. The summed E-state index contributed by atoms with van der Waals surface area (Å²) < 4.78 is 21.4. The van der Waals surface area contributed by atoms with Gasteiger partial charge in [-0.25, -0.2) is 29.9 Å². The van der Waals surface area contributed by atoms with Gasteiger partial charge in [-0.1, -0.05) is 35.4 Å². The number of benzene rings is 6. The molecule has 0 radical (unpaired) electrons. The Labute approximate surface area is 412 Å². The van der Waals surface area contributed by atoms with Crippen molar-refractivity contribution < 1.29 is 59.8 Å². The number of hydrogen-bond donors (Lipinski definition) is 8. The van der Waals surface area contributed by atoms with Crippen molar-refractivity contribution in [2.24, 2.45) is 0 Å². The Kier molecular flexibility index (Phi) is 17.1. The Morgan fingerprint density at radius 1 is 0.366 bits per heavy atom. The number of aromatic nitrogens is 6. The molecular weight excluding hydrogens is 936 g/mol. The number of ether oxygens (including phenoxy) is 4. The summed E-state index contributed by atoms with van der Waals surface area (Å²) in [5.74, 6) is 2.53. The molecule has 0 atom stereocenters. The summed E-state index contributed by atoms with van der Waals surface area (Å²) >= 11 is 6.02. The van der Waals surface area contributed by atoms with Gasteiger partial charge >= 0.3 is 0 Å². The van der Waals surface area contributed by atoms with Gasteiger partial charge < -0.3 is 59.8 Å². The number of aromatic hydroxyl groups is 4. The van der Waals surface area contributed by atoms with Crippen LogP contribution in [0.1, 0.15) is 11.1 Å². The zero-order valence-corrected chi connectivity index (χ0v) is 39.2. The molecule has 19 heteroatoms. The number of rotatable bonds is 18. The van der Waals surface area contributed by atoms with E-state index in [1.165, 1.54) is 24.3 Å². The van der Waals surface area contributed by atoms with Crippen LogP contribution in [0.25, 0.3) is 68.3 Å². The fourth-order valence-corrected chi connectivity index (χ4v) is 7.09. The van der Waals surface area contributed by atoms with Crippen molar-refractivity contribution in [3.05, 3.63) is 131 Å². The van der Waals surface area contributed by atoms with Gasteiger partial charge in [-0.2, -0.15) is 0 Å². The normalized spacial score (nSPS) is 10.9. The van der Waals surface area contributed by atoms with Crippen molar-refractivity contribution in [3.8, 4) is 114 Å². The largest absolute Gasteiger partial charge is 0.507 e. The lowest BCUT2D eigenvalue weighted by molar-refractivity contribution is 0.201. The summed E-state index contributed by atoms with van der Waals surface area (Å²) in [5, 5.41) is 79.1. The number of halogens is 1. The number of phenols is 4. The van der Waals surface area contributed by atoms with Gasteiger partial charge in [-0.3, -0.25) is 0 Å². The lowest BCUT2D eigenvalue weighted by Crippen LogP contribution is -2.03. The molecule has 0 aliphatic heterocycles. The minimum atomic E-state index is -0.156. The van der Waals surface area contributed by atoms with E-state index in [9.17, 15) is 20.4 Å². The summed E-state index contributed by atoms with van der Waals surface area (Å²) in [6.45, 7) is 3.73. The van der Waals surface area contributed by atoms with Gasteiger partial charge in [-0.15, -0.1) is 0 Å². The zero-order chi connectivity index (χ0) is 50.4. The Hall–Kier alpha value is -8.13. The van der Waals surface area contributed by atoms with E-state index in [1.54, 1.807) is 72.8 Å². The van der Waals surface area contributed by atoms with E-state index in [-0.39, 0.29) is 99.2 Å². The molecule has 0 saturated heterocycles. The van der Waals surface area contributed by atoms with Crippen molar-refractivity contribution >= 4 is 11.6 Å². The smallest absolute Gasteiger partial charge is 0.167 e. The van der Waals surface area contributed by atoms with Crippen LogP contribution in [0, 0.1) is 13.8 Å². The van der Waals surface area contributed by atoms with Gasteiger partial charge in [-0.05, 0) is 92.2 Å². The molecule has 0 bridgehead atoms. The van der Waals surface area contributed by atoms with Crippen LogP contribution in [-0.2, 0) is 0 Å². The molecule has 366 valence electrons. The lowest BCUT2D eigenvalue weighted by Gasteiger charge is -2.13. The molecule has 2 aromatic heterocycles.